The normalized spacial score (nSPS) is 11.7. The van der Waals surface area contributed by atoms with Crippen LogP contribution in [0.25, 0.3) is 0 Å². The molecule has 7 heteroatoms. The number of nitrogens with zero attached hydrogens (tertiary/aromatic N) is 1. The average molecular weight is 973 g/mol. The minimum atomic E-state index is -0.0892. The second-order valence-electron chi connectivity index (χ2n) is 20.9. The van der Waals surface area contributed by atoms with Crippen molar-refractivity contribution in [1.82, 2.24) is 4.90 Å². The van der Waals surface area contributed by atoms with Gasteiger partial charge in [0.1, 0.15) is 19.3 Å². The molecule has 0 aliphatic heterocycles. The van der Waals surface area contributed by atoms with Gasteiger partial charge in [0.15, 0.2) is 0 Å². The predicted molar refractivity (Wildman–Crippen MR) is 297 cm³/mol. The molecule has 0 spiro atoms. The van der Waals surface area contributed by atoms with Crippen LogP contribution in [0.4, 0.5) is 0 Å². The Hall–Kier alpha value is -3.71. The SMILES string of the molecule is CCC(C)(C)CC(=O)OC(CCCCCCCC/C=C\CCCCCCCC(=O)OCc1ccccc1)CCCCCCCC/C=C\CCCCCCCC(=O)OCc1ccccc1.CCCN(C)C. The third-order valence-electron chi connectivity index (χ3n) is 13.2. The summed E-state index contributed by atoms with van der Waals surface area (Å²) in [6, 6.07) is 19.7. The van der Waals surface area contributed by atoms with Gasteiger partial charge < -0.3 is 19.1 Å². The van der Waals surface area contributed by atoms with Crippen molar-refractivity contribution in [2.45, 2.75) is 259 Å². The number of hydrogen-bond donors (Lipinski definition) is 0. The molecule has 0 aromatic heterocycles. The Morgan fingerprint density at radius 2 is 0.829 bits per heavy atom. The first-order valence-corrected chi connectivity index (χ1v) is 28.6. The van der Waals surface area contributed by atoms with Crippen molar-refractivity contribution < 1.29 is 28.6 Å². The summed E-state index contributed by atoms with van der Waals surface area (Å²) < 4.78 is 16.8. The zero-order valence-electron chi connectivity index (χ0n) is 46.0. The molecule has 0 aliphatic rings. The molecule has 7 nitrogen and oxygen atoms in total. The van der Waals surface area contributed by atoms with Gasteiger partial charge in [-0.2, -0.15) is 0 Å². The molecule has 2 aromatic carbocycles. The molecule has 2 aromatic rings. The Morgan fingerprint density at radius 3 is 1.16 bits per heavy atom. The van der Waals surface area contributed by atoms with Gasteiger partial charge in [0.05, 0.1) is 6.42 Å². The molecule has 0 saturated heterocycles. The van der Waals surface area contributed by atoms with Gasteiger partial charge in [0.2, 0.25) is 0 Å². The lowest BCUT2D eigenvalue weighted by Crippen LogP contribution is -2.23. The van der Waals surface area contributed by atoms with E-state index in [4.69, 9.17) is 14.2 Å². The number of carbonyl (C=O) groups is 3. The average Bonchev–Trinajstić information content (AvgIpc) is 3.35. The zero-order chi connectivity index (χ0) is 51.0. The Bertz CT molecular complexity index is 1460. The van der Waals surface area contributed by atoms with Crippen LogP contribution in [0.1, 0.15) is 251 Å². The second kappa shape index (κ2) is 46.4. The molecule has 0 atom stereocenters. The molecule has 0 unspecified atom stereocenters. The van der Waals surface area contributed by atoms with Crippen LogP contribution in [0.2, 0.25) is 0 Å². The van der Waals surface area contributed by atoms with Crippen molar-refractivity contribution >= 4 is 17.9 Å². The van der Waals surface area contributed by atoms with Crippen LogP contribution in [0.5, 0.6) is 0 Å². The van der Waals surface area contributed by atoms with E-state index in [9.17, 15) is 14.4 Å². The summed E-state index contributed by atoms with van der Waals surface area (Å²) in [5.74, 6) is -0.191. The van der Waals surface area contributed by atoms with Crippen molar-refractivity contribution in [3.05, 3.63) is 96.1 Å². The lowest BCUT2D eigenvalue weighted by atomic mass is 9.87. The Morgan fingerprint density at radius 1 is 0.486 bits per heavy atom. The maximum Gasteiger partial charge on any atom is 0.306 e. The summed E-state index contributed by atoms with van der Waals surface area (Å²) in [7, 11) is 4.17. The third kappa shape index (κ3) is 43.1. The Balaban J connectivity index is 0.00000382. The smallest absolute Gasteiger partial charge is 0.306 e. The fourth-order valence-electron chi connectivity index (χ4n) is 8.35. The molecule has 0 heterocycles. The number of esters is 3. The van der Waals surface area contributed by atoms with Gasteiger partial charge in [-0.1, -0.05) is 209 Å². The van der Waals surface area contributed by atoms with Crippen molar-refractivity contribution in [2.24, 2.45) is 5.41 Å². The highest BCUT2D eigenvalue weighted by molar-refractivity contribution is 5.70. The van der Waals surface area contributed by atoms with Crippen molar-refractivity contribution in [2.75, 3.05) is 20.6 Å². The summed E-state index contributed by atoms with van der Waals surface area (Å²) >= 11 is 0. The van der Waals surface area contributed by atoms with E-state index in [0.29, 0.717) is 32.5 Å². The summed E-state index contributed by atoms with van der Waals surface area (Å²) in [6.45, 7) is 10.6. The monoisotopic (exact) mass is 972 g/mol. The molecule has 0 saturated carbocycles. The fourth-order valence-corrected chi connectivity index (χ4v) is 8.35. The van der Waals surface area contributed by atoms with E-state index in [1.807, 2.05) is 60.7 Å². The number of allylic oxidation sites excluding steroid dienone is 4. The van der Waals surface area contributed by atoms with Gasteiger partial charge in [0, 0.05) is 12.8 Å². The topological polar surface area (TPSA) is 82.1 Å². The number of ether oxygens (including phenoxy) is 3. The zero-order valence-corrected chi connectivity index (χ0v) is 46.0. The number of unbranched alkanes of at least 4 members (excludes halogenated alkanes) is 22. The highest BCUT2D eigenvalue weighted by Crippen LogP contribution is 2.26. The molecule has 70 heavy (non-hydrogen) atoms. The Labute approximate surface area is 430 Å². The molecule has 0 bridgehead atoms. The maximum absolute atomic E-state index is 12.9. The number of carbonyl (C=O) groups excluding carboxylic acids is 3. The highest BCUT2D eigenvalue weighted by atomic mass is 16.5. The molecule has 398 valence electrons. The van der Waals surface area contributed by atoms with Crippen molar-refractivity contribution in [3.63, 3.8) is 0 Å². The van der Waals surface area contributed by atoms with Gasteiger partial charge >= 0.3 is 17.9 Å². The van der Waals surface area contributed by atoms with E-state index in [1.165, 1.54) is 129 Å². The van der Waals surface area contributed by atoms with Crippen molar-refractivity contribution in [1.29, 1.82) is 0 Å². The molecule has 2 rings (SSSR count). The van der Waals surface area contributed by atoms with Crippen LogP contribution in [0, 0.1) is 5.41 Å². The largest absolute Gasteiger partial charge is 0.462 e. The highest BCUT2D eigenvalue weighted by Gasteiger charge is 2.23. The van der Waals surface area contributed by atoms with Crippen LogP contribution in [-0.4, -0.2) is 49.6 Å². The molecule has 0 N–H and O–H groups in total. The first kappa shape index (κ1) is 64.3. The van der Waals surface area contributed by atoms with Crippen LogP contribution in [0.15, 0.2) is 85.0 Å². The van der Waals surface area contributed by atoms with E-state index in [2.05, 4.69) is 71.0 Å². The van der Waals surface area contributed by atoms with Gasteiger partial charge in [0.25, 0.3) is 0 Å². The second-order valence-corrected chi connectivity index (χ2v) is 20.9. The quantitative estimate of drug-likeness (QED) is 0.0283. The van der Waals surface area contributed by atoms with E-state index >= 15 is 0 Å². The third-order valence-corrected chi connectivity index (χ3v) is 13.2. The van der Waals surface area contributed by atoms with Crippen LogP contribution >= 0.6 is 0 Å². The first-order chi connectivity index (χ1) is 34.0. The maximum atomic E-state index is 12.9. The summed E-state index contributed by atoms with van der Waals surface area (Å²) in [6.07, 6.45) is 46.2. The lowest BCUT2D eigenvalue weighted by Gasteiger charge is -2.24. The molecule has 0 radical (unpaired) electrons. The molecular weight excluding hydrogens is 867 g/mol. The molecule has 0 aliphatic carbocycles. The predicted octanol–water partition coefficient (Wildman–Crippen LogP) is 18.0. The summed E-state index contributed by atoms with van der Waals surface area (Å²) in [5, 5.41) is 0. The molecule has 0 fully saturated rings. The molecule has 0 amide bonds. The first-order valence-electron chi connectivity index (χ1n) is 28.6. The van der Waals surface area contributed by atoms with Gasteiger partial charge in [-0.3, -0.25) is 14.4 Å². The van der Waals surface area contributed by atoms with Crippen molar-refractivity contribution in [3.8, 4) is 0 Å². The number of benzene rings is 2. The summed E-state index contributed by atoms with van der Waals surface area (Å²) in [5.41, 5.74) is 2.07. The van der Waals surface area contributed by atoms with E-state index in [-0.39, 0.29) is 29.4 Å². The van der Waals surface area contributed by atoms with E-state index < -0.39 is 0 Å². The standard InChI is InChI=1S/C58H92O6.C5H13N/c1-4-58(2,3)49-57(61)64-54(45-37-27-23-19-15-11-7-5-9-13-17-21-25-29-39-47-55(59)62-50-52-41-33-31-34-42-52)46-38-28-24-20-16-12-8-6-10-14-18-22-26-30-40-48-56(60)63-51-53-43-35-32-36-44-53;1-4-5-6(2)3/h5-6,9-10,31-36,41-44,54H,4,7-8,11-30,37-40,45-51H2,1-3H3;4-5H2,1-3H3/b9-5-,10-6-;. The van der Waals surface area contributed by atoms with Crippen LogP contribution < -0.4 is 0 Å². The number of hydrogen-bond acceptors (Lipinski definition) is 7. The van der Waals surface area contributed by atoms with Crippen LogP contribution in [0.3, 0.4) is 0 Å². The van der Waals surface area contributed by atoms with Gasteiger partial charge in [-0.15, -0.1) is 0 Å². The van der Waals surface area contributed by atoms with E-state index in [0.717, 1.165) is 81.8 Å². The number of rotatable bonds is 44. The van der Waals surface area contributed by atoms with E-state index in [1.54, 1.807) is 0 Å². The van der Waals surface area contributed by atoms with Gasteiger partial charge in [-0.05, 0) is 133 Å². The fraction of sp³-hybridized carbons (Fsp3) is 0.698. The minimum absolute atomic E-state index is 0.00206. The Kier molecular flexibility index (Phi) is 42.6. The lowest BCUT2D eigenvalue weighted by molar-refractivity contribution is -0.152. The van der Waals surface area contributed by atoms with Gasteiger partial charge in [-0.25, -0.2) is 0 Å². The summed E-state index contributed by atoms with van der Waals surface area (Å²) in [4.78, 5) is 38.9. The molecular formula is C63H105NO6. The minimum Gasteiger partial charge on any atom is -0.462 e. The van der Waals surface area contributed by atoms with Crippen LogP contribution in [-0.2, 0) is 41.8 Å².